The molecule has 3 rings (SSSR count). The third-order valence-electron chi connectivity index (χ3n) is 3.47. The average Bonchev–Trinajstić information content (AvgIpc) is 2.89. The van der Waals surface area contributed by atoms with Crippen molar-refractivity contribution in [2.45, 2.75) is 13.5 Å². The predicted octanol–water partition coefficient (Wildman–Crippen LogP) is 1.91. The predicted molar refractivity (Wildman–Crippen MR) is 72.7 cm³/mol. The lowest BCUT2D eigenvalue weighted by atomic mass is 9.97. The number of benzene rings is 1. The summed E-state index contributed by atoms with van der Waals surface area (Å²) in [5.74, 6) is -0.851. The van der Waals surface area contributed by atoms with Crippen LogP contribution >= 0.6 is 0 Å². The third kappa shape index (κ3) is 2.14. The third-order valence-corrected chi connectivity index (χ3v) is 3.47. The van der Waals surface area contributed by atoms with Gasteiger partial charge in [-0.1, -0.05) is 6.07 Å². The van der Waals surface area contributed by atoms with Gasteiger partial charge in [-0.15, -0.1) is 0 Å². The number of nitrogens with zero attached hydrogens (tertiary/aromatic N) is 2. The van der Waals surface area contributed by atoms with E-state index in [1.165, 1.54) is 13.3 Å². The number of aromatic nitrogens is 2. The second-order valence-electron chi connectivity index (χ2n) is 4.62. The molecule has 0 unspecified atom stereocenters. The minimum atomic E-state index is -0.540. The molecule has 1 aliphatic heterocycles. The second-order valence-corrected chi connectivity index (χ2v) is 4.62. The van der Waals surface area contributed by atoms with Gasteiger partial charge in [-0.05, 0) is 18.6 Å². The number of carbonyl (C=O) groups is 2. The molecular weight excluding hydrogens is 272 g/mol. The first-order valence-electron chi connectivity index (χ1n) is 6.32. The summed E-state index contributed by atoms with van der Waals surface area (Å²) in [4.78, 5) is 31.3. The molecule has 1 aliphatic rings. The lowest BCUT2D eigenvalue weighted by Crippen LogP contribution is -2.06. The Hall–Kier alpha value is -2.76. The number of hydrogen-bond acceptors (Lipinski definition) is 6. The van der Waals surface area contributed by atoms with Gasteiger partial charge in [-0.25, -0.2) is 14.6 Å². The molecule has 1 aromatic carbocycles. The highest BCUT2D eigenvalue weighted by Crippen LogP contribution is 2.30. The molecule has 0 aliphatic carbocycles. The molecule has 0 saturated carbocycles. The number of hydrogen-bond donors (Lipinski definition) is 0. The summed E-state index contributed by atoms with van der Waals surface area (Å²) in [5, 5.41) is 0. The van der Waals surface area contributed by atoms with Crippen LogP contribution in [0.4, 0.5) is 0 Å². The highest BCUT2D eigenvalue weighted by Gasteiger charge is 2.24. The summed E-state index contributed by atoms with van der Waals surface area (Å²) in [5.41, 5.74) is 3.83. The van der Waals surface area contributed by atoms with Crippen molar-refractivity contribution in [3.05, 3.63) is 46.9 Å². The van der Waals surface area contributed by atoms with Gasteiger partial charge in [0.2, 0.25) is 0 Å². The van der Waals surface area contributed by atoms with Crippen LogP contribution < -0.4 is 0 Å². The Morgan fingerprint density at radius 1 is 1.29 bits per heavy atom. The maximum atomic E-state index is 11.5. The number of cyclic esters (lactones) is 1. The number of rotatable bonds is 2. The van der Waals surface area contributed by atoms with Crippen LogP contribution in [-0.4, -0.2) is 29.0 Å². The minimum Gasteiger partial charge on any atom is -0.464 e. The molecule has 106 valence electrons. The fourth-order valence-electron chi connectivity index (χ4n) is 2.33. The SMILES string of the molecule is COC(=O)c1cncc(-c2ccc3c(c2C)COC3=O)n1. The molecule has 0 N–H and O–H groups in total. The highest BCUT2D eigenvalue weighted by atomic mass is 16.5. The van der Waals surface area contributed by atoms with Crippen LogP contribution in [0.2, 0.25) is 0 Å². The maximum absolute atomic E-state index is 11.5. The van der Waals surface area contributed by atoms with E-state index < -0.39 is 5.97 Å². The van der Waals surface area contributed by atoms with Crippen molar-refractivity contribution in [3.63, 3.8) is 0 Å². The first-order chi connectivity index (χ1) is 10.1. The molecule has 0 amide bonds. The zero-order valence-electron chi connectivity index (χ0n) is 11.5. The van der Waals surface area contributed by atoms with Crippen molar-refractivity contribution in [1.82, 2.24) is 9.97 Å². The average molecular weight is 284 g/mol. The number of esters is 2. The van der Waals surface area contributed by atoms with Crippen LogP contribution in [-0.2, 0) is 16.1 Å². The van der Waals surface area contributed by atoms with Crippen LogP contribution in [0.5, 0.6) is 0 Å². The van der Waals surface area contributed by atoms with Gasteiger partial charge >= 0.3 is 11.9 Å². The van der Waals surface area contributed by atoms with Crippen LogP contribution in [0, 0.1) is 6.92 Å². The van der Waals surface area contributed by atoms with Crippen LogP contribution in [0.25, 0.3) is 11.3 Å². The van der Waals surface area contributed by atoms with Gasteiger partial charge in [0.1, 0.15) is 6.61 Å². The summed E-state index contributed by atoms with van der Waals surface area (Å²) in [7, 11) is 1.29. The molecule has 1 aromatic heterocycles. The molecule has 6 nitrogen and oxygen atoms in total. The summed E-state index contributed by atoms with van der Waals surface area (Å²) < 4.78 is 9.66. The van der Waals surface area contributed by atoms with Gasteiger partial charge < -0.3 is 9.47 Å². The van der Waals surface area contributed by atoms with E-state index in [1.54, 1.807) is 18.3 Å². The molecule has 0 radical (unpaired) electrons. The van der Waals surface area contributed by atoms with Crippen LogP contribution in [0.15, 0.2) is 24.5 Å². The van der Waals surface area contributed by atoms with Gasteiger partial charge in [0, 0.05) is 11.1 Å². The molecule has 2 aromatic rings. The Labute approximate surface area is 120 Å². The van der Waals surface area contributed by atoms with E-state index in [1.807, 2.05) is 6.92 Å². The molecular formula is C15H12N2O4. The highest BCUT2D eigenvalue weighted by molar-refractivity contribution is 5.95. The summed E-state index contributed by atoms with van der Waals surface area (Å²) in [6, 6.07) is 3.49. The Morgan fingerprint density at radius 3 is 2.81 bits per heavy atom. The first kappa shape index (κ1) is 13.2. The van der Waals surface area contributed by atoms with Crippen LogP contribution in [0.1, 0.15) is 32.0 Å². The van der Waals surface area contributed by atoms with E-state index in [4.69, 9.17) is 4.74 Å². The van der Waals surface area contributed by atoms with Gasteiger partial charge in [0.15, 0.2) is 5.69 Å². The normalized spacial score (nSPS) is 12.8. The van der Waals surface area contributed by atoms with E-state index in [-0.39, 0.29) is 18.3 Å². The monoisotopic (exact) mass is 284 g/mol. The molecule has 0 fully saturated rings. The van der Waals surface area contributed by atoms with E-state index in [0.717, 1.165) is 16.7 Å². The number of carbonyl (C=O) groups excluding carboxylic acids is 2. The van der Waals surface area contributed by atoms with Gasteiger partial charge in [0.05, 0.1) is 30.8 Å². The zero-order chi connectivity index (χ0) is 15.0. The Morgan fingerprint density at radius 2 is 2.05 bits per heavy atom. The van der Waals surface area contributed by atoms with E-state index in [0.29, 0.717) is 11.3 Å². The number of ether oxygens (including phenoxy) is 2. The van der Waals surface area contributed by atoms with Gasteiger partial charge in [0.25, 0.3) is 0 Å². The molecule has 21 heavy (non-hydrogen) atoms. The minimum absolute atomic E-state index is 0.141. The molecule has 0 bridgehead atoms. The van der Waals surface area contributed by atoms with Gasteiger partial charge in [-0.3, -0.25) is 4.98 Å². The fraction of sp³-hybridized carbons (Fsp3) is 0.200. The van der Waals surface area contributed by atoms with Gasteiger partial charge in [-0.2, -0.15) is 0 Å². The second kappa shape index (κ2) is 4.97. The molecule has 0 atom stereocenters. The topological polar surface area (TPSA) is 78.4 Å². The summed E-state index contributed by atoms with van der Waals surface area (Å²) in [6.07, 6.45) is 2.92. The van der Waals surface area contributed by atoms with Crippen molar-refractivity contribution < 1.29 is 19.1 Å². The van der Waals surface area contributed by atoms with Crippen molar-refractivity contribution in [1.29, 1.82) is 0 Å². The molecule has 0 spiro atoms. The van der Waals surface area contributed by atoms with Crippen molar-refractivity contribution in [2.24, 2.45) is 0 Å². The van der Waals surface area contributed by atoms with Crippen molar-refractivity contribution in [3.8, 4) is 11.3 Å². The van der Waals surface area contributed by atoms with E-state index >= 15 is 0 Å². The lowest BCUT2D eigenvalue weighted by Gasteiger charge is -2.09. The lowest BCUT2D eigenvalue weighted by molar-refractivity contribution is 0.0533. The Balaban J connectivity index is 2.10. The summed E-state index contributed by atoms with van der Waals surface area (Å²) >= 11 is 0. The quantitative estimate of drug-likeness (QED) is 0.784. The van der Waals surface area contributed by atoms with E-state index in [2.05, 4.69) is 14.7 Å². The maximum Gasteiger partial charge on any atom is 0.358 e. The summed E-state index contributed by atoms with van der Waals surface area (Å²) in [6.45, 7) is 2.15. The van der Waals surface area contributed by atoms with E-state index in [9.17, 15) is 9.59 Å². The standard InChI is InChI=1S/C15H12N2O4/c1-8-9(3-4-10-11(8)7-21-14(10)18)12-5-16-6-13(17-12)15(19)20-2/h3-6H,7H2,1-2H3. The van der Waals surface area contributed by atoms with Crippen LogP contribution in [0.3, 0.4) is 0 Å². The number of fused-ring (bicyclic) bond motifs is 1. The Bertz CT molecular complexity index is 755. The smallest absolute Gasteiger partial charge is 0.358 e. The van der Waals surface area contributed by atoms with Crippen molar-refractivity contribution in [2.75, 3.05) is 7.11 Å². The molecule has 6 heteroatoms. The Kier molecular flexibility index (Phi) is 3.13. The van der Waals surface area contributed by atoms with Crippen molar-refractivity contribution >= 4 is 11.9 Å². The fourth-order valence-corrected chi connectivity index (χ4v) is 2.33. The zero-order valence-corrected chi connectivity index (χ0v) is 11.5. The molecule has 2 heterocycles. The largest absolute Gasteiger partial charge is 0.464 e. The molecule has 0 saturated heterocycles. The number of methoxy groups -OCH3 is 1. The first-order valence-corrected chi connectivity index (χ1v) is 6.32.